The minimum absolute atomic E-state index is 0.192. The lowest BCUT2D eigenvalue weighted by molar-refractivity contribution is -0.137. The molecule has 2 aromatic carbocycles. The number of thiophene rings is 1. The second-order valence-electron chi connectivity index (χ2n) is 6.15. The molecular formula is C20H16ClF3N2O2S. The van der Waals surface area contributed by atoms with Crippen molar-refractivity contribution in [2.75, 3.05) is 18.4 Å². The van der Waals surface area contributed by atoms with Crippen LogP contribution in [-0.4, -0.2) is 29.8 Å². The van der Waals surface area contributed by atoms with Gasteiger partial charge in [-0.1, -0.05) is 41.9 Å². The molecule has 152 valence electrons. The summed E-state index contributed by atoms with van der Waals surface area (Å²) in [7, 11) is 0. The number of likely N-dealkylation sites (N-methyl/N-ethyl adjacent to an activating group) is 1. The van der Waals surface area contributed by atoms with Crippen LogP contribution in [0.3, 0.4) is 0 Å². The zero-order valence-electron chi connectivity index (χ0n) is 15.2. The van der Waals surface area contributed by atoms with Gasteiger partial charge in [0.1, 0.15) is 11.4 Å². The number of para-hydroxylation sites is 1. The molecule has 0 aliphatic carbocycles. The number of amides is 2. The van der Waals surface area contributed by atoms with Gasteiger partial charge in [0.25, 0.3) is 5.91 Å². The highest BCUT2D eigenvalue weighted by molar-refractivity contribution is 7.21. The van der Waals surface area contributed by atoms with Gasteiger partial charge in [-0.15, -0.1) is 11.3 Å². The quantitative estimate of drug-likeness (QED) is 0.555. The first-order valence-electron chi connectivity index (χ1n) is 8.64. The zero-order chi connectivity index (χ0) is 21.2. The molecule has 4 nitrogen and oxygen atoms in total. The van der Waals surface area contributed by atoms with Gasteiger partial charge >= 0.3 is 6.18 Å². The van der Waals surface area contributed by atoms with Crippen LogP contribution >= 0.6 is 22.9 Å². The van der Waals surface area contributed by atoms with Crippen LogP contribution in [-0.2, 0) is 11.0 Å². The summed E-state index contributed by atoms with van der Waals surface area (Å²) >= 11 is 7.54. The third-order valence-corrected chi connectivity index (χ3v) is 5.90. The molecule has 0 bridgehead atoms. The number of nitrogens with one attached hydrogen (secondary N) is 1. The van der Waals surface area contributed by atoms with E-state index in [1.54, 1.807) is 19.1 Å². The van der Waals surface area contributed by atoms with E-state index in [9.17, 15) is 22.8 Å². The number of benzene rings is 2. The van der Waals surface area contributed by atoms with Crippen LogP contribution in [0.2, 0.25) is 5.02 Å². The highest BCUT2D eigenvalue weighted by Crippen LogP contribution is 2.36. The molecule has 2 amide bonds. The molecule has 1 N–H and O–H groups in total. The largest absolute Gasteiger partial charge is 0.418 e. The van der Waals surface area contributed by atoms with E-state index in [4.69, 9.17) is 11.6 Å². The standard InChI is InChI=1S/C20H16ClF3N2O2S/c1-2-26(19(28)18-17(21)12-7-3-6-10-15(12)29-18)11-16(27)25-14-9-5-4-8-13(14)20(22,23)24/h3-10H,2,11H2,1H3,(H,25,27). The Morgan fingerprint density at radius 1 is 1.10 bits per heavy atom. The average molecular weight is 441 g/mol. The number of halogens is 4. The molecule has 0 radical (unpaired) electrons. The first-order chi connectivity index (χ1) is 13.7. The molecule has 0 fully saturated rings. The van der Waals surface area contributed by atoms with Gasteiger partial charge in [0, 0.05) is 16.6 Å². The smallest absolute Gasteiger partial charge is 0.329 e. The summed E-state index contributed by atoms with van der Waals surface area (Å²) in [5.41, 5.74) is -1.30. The van der Waals surface area contributed by atoms with Gasteiger partial charge in [-0.25, -0.2) is 0 Å². The molecule has 3 rings (SSSR count). The summed E-state index contributed by atoms with van der Waals surface area (Å²) in [6.07, 6.45) is -4.60. The van der Waals surface area contributed by atoms with Crippen LogP contribution < -0.4 is 5.32 Å². The first-order valence-corrected chi connectivity index (χ1v) is 9.84. The number of hydrogen-bond donors (Lipinski definition) is 1. The zero-order valence-corrected chi connectivity index (χ0v) is 16.8. The number of nitrogens with zero attached hydrogens (tertiary/aromatic N) is 1. The Morgan fingerprint density at radius 3 is 2.41 bits per heavy atom. The fourth-order valence-electron chi connectivity index (χ4n) is 2.82. The predicted octanol–water partition coefficient (Wildman–Crippen LogP) is 5.67. The maximum Gasteiger partial charge on any atom is 0.418 e. The van der Waals surface area contributed by atoms with Crippen LogP contribution in [0.5, 0.6) is 0 Å². The summed E-state index contributed by atoms with van der Waals surface area (Å²) in [6.45, 7) is 1.47. The summed E-state index contributed by atoms with van der Waals surface area (Å²) in [6, 6.07) is 11.9. The molecule has 0 unspecified atom stereocenters. The monoisotopic (exact) mass is 440 g/mol. The van der Waals surface area contributed by atoms with E-state index in [1.165, 1.54) is 34.4 Å². The lowest BCUT2D eigenvalue weighted by Gasteiger charge is -2.20. The van der Waals surface area contributed by atoms with Crippen LogP contribution in [0.4, 0.5) is 18.9 Å². The predicted molar refractivity (Wildman–Crippen MR) is 108 cm³/mol. The minimum atomic E-state index is -4.60. The van der Waals surface area contributed by atoms with Crippen LogP contribution in [0, 0.1) is 0 Å². The number of fused-ring (bicyclic) bond motifs is 1. The SMILES string of the molecule is CCN(CC(=O)Nc1ccccc1C(F)(F)F)C(=O)c1sc2ccccc2c1Cl. The molecule has 0 spiro atoms. The highest BCUT2D eigenvalue weighted by Gasteiger charge is 2.33. The molecule has 0 aliphatic heterocycles. The summed E-state index contributed by atoms with van der Waals surface area (Å²) in [4.78, 5) is 26.8. The Labute approximate surface area is 173 Å². The van der Waals surface area contributed by atoms with Gasteiger partial charge in [-0.3, -0.25) is 9.59 Å². The van der Waals surface area contributed by atoms with E-state index < -0.39 is 30.1 Å². The number of rotatable bonds is 5. The molecule has 1 aromatic heterocycles. The second-order valence-corrected chi connectivity index (χ2v) is 7.58. The van der Waals surface area contributed by atoms with Crippen molar-refractivity contribution in [1.82, 2.24) is 4.90 Å². The van der Waals surface area contributed by atoms with Crippen molar-refractivity contribution in [1.29, 1.82) is 0 Å². The van der Waals surface area contributed by atoms with Crippen LogP contribution in [0.1, 0.15) is 22.2 Å². The normalized spacial score (nSPS) is 11.5. The van der Waals surface area contributed by atoms with E-state index in [-0.39, 0.29) is 12.2 Å². The van der Waals surface area contributed by atoms with Crippen LogP contribution in [0.25, 0.3) is 10.1 Å². The summed E-state index contributed by atoms with van der Waals surface area (Å²) in [5, 5.41) is 3.29. The molecule has 9 heteroatoms. The number of alkyl halides is 3. The molecular weight excluding hydrogens is 425 g/mol. The van der Waals surface area contributed by atoms with Gasteiger partial charge in [0.05, 0.1) is 16.3 Å². The average Bonchev–Trinajstić information content (AvgIpc) is 3.02. The number of carbonyl (C=O) groups excluding carboxylic acids is 2. The Bertz CT molecular complexity index is 1070. The summed E-state index contributed by atoms with van der Waals surface area (Å²) in [5.74, 6) is -1.17. The molecule has 0 atom stereocenters. The lowest BCUT2D eigenvalue weighted by atomic mass is 10.1. The summed E-state index contributed by atoms with van der Waals surface area (Å²) < 4.78 is 40.1. The number of anilines is 1. The fourth-order valence-corrected chi connectivity index (χ4v) is 4.30. The maximum absolute atomic E-state index is 13.1. The molecule has 0 saturated carbocycles. The minimum Gasteiger partial charge on any atom is -0.329 e. The fraction of sp³-hybridized carbons (Fsp3) is 0.200. The van der Waals surface area contributed by atoms with E-state index in [0.29, 0.717) is 9.90 Å². The van der Waals surface area contributed by atoms with Crippen molar-refractivity contribution < 1.29 is 22.8 Å². The molecule has 1 heterocycles. The topological polar surface area (TPSA) is 49.4 Å². The molecule has 0 aliphatic rings. The van der Waals surface area contributed by atoms with E-state index >= 15 is 0 Å². The highest BCUT2D eigenvalue weighted by atomic mass is 35.5. The van der Waals surface area contributed by atoms with E-state index in [2.05, 4.69) is 5.32 Å². The third-order valence-electron chi connectivity index (χ3n) is 4.24. The third kappa shape index (κ3) is 4.54. The molecule has 29 heavy (non-hydrogen) atoms. The van der Waals surface area contributed by atoms with Crippen LogP contribution in [0.15, 0.2) is 48.5 Å². The van der Waals surface area contributed by atoms with Gasteiger partial charge in [-0.05, 0) is 25.1 Å². The van der Waals surface area contributed by atoms with Gasteiger partial charge in [0.15, 0.2) is 0 Å². The lowest BCUT2D eigenvalue weighted by Crippen LogP contribution is -2.37. The maximum atomic E-state index is 13.1. The van der Waals surface area contributed by atoms with Crippen molar-refractivity contribution in [2.45, 2.75) is 13.1 Å². The van der Waals surface area contributed by atoms with Crippen molar-refractivity contribution in [3.63, 3.8) is 0 Å². The van der Waals surface area contributed by atoms with Gasteiger partial charge < -0.3 is 10.2 Å². The molecule has 0 saturated heterocycles. The first kappa shape index (κ1) is 21.1. The number of carbonyl (C=O) groups is 2. The Morgan fingerprint density at radius 2 is 1.76 bits per heavy atom. The van der Waals surface area contributed by atoms with Crippen molar-refractivity contribution in [2.24, 2.45) is 0 Å². The molecule has 3 aromatic rings. The van der Waals surface area contributed by atoms with E-state index in [0.717, 1.165) is 16.2 Å². The number of hydrogen-bond acceptors (Lipinski definition) is 3. The Balaban J connectivity index is 1.78. The van der Waals surface area contributed by atoms with Crippen molar-refractivity contribution in [3.8, 4) is 0 Å². The van der Waals surface area contributed by atoms with Crippen molar-refractivity contribution in [3.05, 3.63) is 64.0 Å². The van der Waals surface area contributed by atoms with E-state index in [1.807, 2.05) is 12.1 Å². The van der Waals surface area contributed by atoms with Gasteiger partial charge in [0.2, 0.25) is 5.91 Å². The second kappa shape index (κ2) is 8.42. The van der Waals surface area contributed by atoms with Gasteiger partial charge in [-0.2, -0.15) is 13.2 Å². The van der Waals surface area contributed by atoms with Crippen molar-refractivity contribution >= 4 is 50.5 Å². The Kier molecular flexibility index (Phi) is 6.14. The Hall–Kier alpha value is -2.58.